The second-order valence-corrected chi connectivity index (χ2v) is 12.1. The molecule has 0 unspecified atom stereocenters. The molecule has 3 heterocycles. The minimum Gasteiger partial charge on any atom is -0.461 e. The zero-order chi connectivity index (χ0) is 31.0. The van der Waals surface area contributed by atoms with Gasteiger partial charge in [0.1, 0.15) is 23.5 Å². The number of benzene rings is 3. The molecule has 0 saturated heterocycles. The fraction of sp³-hybridized carbons (Fsp3) is 0.182. The molecule has 0 aliphatic carbocycles. The van der Waals surface area contributed by atoms with Crippen molar-refractivity contribution in [3.8, 4) is 5.00 Å². The molecule has 0 bridgehead atoms. The van der Waals surface area contributed by atoms with Gasteiger partial charge in [0.2, 0.25) is 0 Å². The van der Waals surface area contributed by atoms with Crippen LogP contribution in [0, 0.1) is 20.8 Å². The largest absolute Gasteiger partial charge is 0.461 e. The number of carbonyl (C=O) groups excluding carboxylic acids is 2. The number of nitrogens with zero attached hydrogens (tertiary/aromatic N) is 4. The predicted octanol–water partition coefficient (Wildman–Crippen LogP) is 6.77. The lowest BCUT2D eigenvalue weighted by molar-refractivity contribution is -0.145. The normalized spacial score (nSPS) is 13.8. The summed E-state index contributed by atoms with van der Waals surface area (Å²) in [7, 11) is 0. The smallest absolute Gasteiger partial charge is 0.308 e. The summed E-state index contributed by atoms with van der Waals surface area (Å²) >= 11 is 7.85. The highest BCUT2D eigenvalue weighted by molar-refractivity contribution is 7.15. The number of ether oxygens (including phenoxy) is 1. The number of esters is 1. The highest BCUT2D eigenvalue weighted by Crippen LogP contribution is 2.39. The van der Waals surface area contributed by atoms with E-state index < -0.39 is 12.0 Å². The van der Waals surface area contributed by atoms with Gasteiger partial charge in [-0.2, -0.15) is 0 Å². The van der Waals surface area contributed by atoms with E-state index in [-0.39, 0.29) is 18.9 Å². The van der Waals surface area contributed by atoms with Gasteiger partial charge in [-0.1, -0.05) is 48.0 Å². The number of aromatic nitrogens is 3. The van der Waals surface area contributed by atoms with Crippen molar-refractivity contribution in [3.05, 3.63) is 122 Å². The van der Waals surface area contributed by atoms with E-state index >= 15 is 0 Å². The van der Waals surface area contributed by atoms with E-state index in [0.29, 0.717) is 33.6 Å². The summed E-state index contributed by atoms with van der Waals surface area (Å²) in [6.45, 7) is 6.10. The molecule has 3 N–H and O–H groups in total. The van der Waals surface area contributed by atoms with E-state index in [1.807, 2.05) is 35.8 Å². The van der Waals surface area contributed by atoms with Crippen LogP contribution in [0.2, 0.25) is 5.02 Å². The monoisotopic (exact) mass is 624 g/mol. The summed E-state index contributed by atoms with van der Waals surface area (Å²) in [4.78, 5) is 32.1. The van der Waals surface area contributed by atoms with Crippen molar-refractivity contribution in [2.45, 2.75) is 39.8 Å². The maximum absolute atomic E-state index is 13.2. The lowest BCUT2D eigenvalue weighted by Crippen LogP contribution is -2.14. The molecule has 1 aliphatic rings. The summed E-state index contributed by atoms with van der Waals surface area (Å²) in [6, 6.07) is 20.8. The van der Waals surface area contributed by atoms with Crippen molar-refractivity contribution < 1.29 is 14.3 Å². The topological polar surface area (TPSA) is 124 Å². The van der Waals surface area contributed by atoms with Gasteiger partial charge in [0.05, 0.1) is 23.5 Å². The minimum atomic E-state index is -0.620. The van der Waals surface area contributed by atoms with E-state index in [4.69, 9.17) is 27.1 Å². The Hall–Kier alpha value is -4.80. The Kier molecular flexibility index (Phi) is 8.03. The van der Waals surface area contributed by atoms with Crippen LogP contribution in [0.3, 0.4) is 0 Å². The van der Waals surface area contributed by atoms with Crippen molar-refractivity contribution in [2.24, 2.45) is 4.99 Å². The number of hydrogen-bond donors (Lipinski definition) is 2. The Morgan fingerprint density at radius 1 is 1.00 bits per heavy atom. The first-order chi connectivity index (χ1) is 21.2. The molecule has 44 heavy (non-hydrogen) atoms. The number of nitrogens with one attached hydrogen (secondary N) is 1. The Morgan fingerprint density at radius 3 is 2.45 bits per heavy atom. The molecule has 222 valence electrons. The summed E-state index contributed by atoms with van der Waals surface area (Å²) < 4.78 is 7.66. The number of rotatable bonds is 7. The molecule has 3 aromatic carbocycles. The Morgan fingerprint density at radius 2 is 1.73 bits per heavy atom. The van der Waals surface area contributed by atoms with E-state index in [2.05, 4.69) is 29.4 Å². The molecule has 0 fully saturated rings. The zero-order valence-electron chi connectivity index (χ0n) is 24.3. The Balaban J connectivity index is 1.21. The molecule has 0 spiro atoms. The van der Waals surface area contributed by atoms with Gasteiger partial charge in [-0.05, 0) is 68.3 Å². The van der Waals surface area contributed by atoms with E-state index in [1.165, 1.54) is 4.88 Å². The summed E-state index contributed by atoms with van der Waals surface area (Å²) in [5.41, 5.74) is 11.9. The molecule has 9 nitrogen and oxygen atoms in total. The molecule has 11 heteroatoms. The van der Waals surface area contributed by atoms with Gasteiger partial charge in [0.25, 0.3) is 5.91 Å². The van der Waals surface area contributed by atoms with Crippen molar-refractivity contribution in [1.29, 1.82) is 0 Å². The second-order valence-electron chi connectivity index (χ2n) is 10.5. The van der Waals surface area contributed by atoms with Crippen LogP contribution < -0.4 is 11.1 Å². The molecule has 5 aromatic rings. The second kappa shape index (κ2) is 12.1. The number of para-hydroxylation sites is 2. The van der Waals surface area contributed by atoms with Crippen molar-refractivity contribution >= 4 is 51.9 Å². The molecule has 1 atom stereocenters. The van der Waals surface area contributed by atoms with E-state index in [9.17, 15) is 9.59 Å². The number of hydrogen-bond acceptors (Lipinski definition) is 8. The van der Waals surface area contributed by atoms with Crippen molar-refractivity contribution in [3.63, 3.8) is 0 Å². The molecule has 0 saturated carbocycles. The van der Waals surface area contributed by atoms with Crippen LogP contribution in [0.5, 0.6) is 0 Å². The van der Waals surface area contributed by atoms with Gasteiger partial charge in [-0.3, -0.25) is 19.1 Å². The first kappa shape index (κ1) is 29.3. The maximum Gasteiger partial charge on any atom is 0.308 e. The third-order valence-electron chi connectivity index (χ3n) is 7.54. The Bertz CT molecular complexity index is 1910. The summed E-state index contributed by atoms with van der Waals surface area (Å²) in [6.07, 6.45) is -0.0266. The molecular formula is C33H29ClN6O3S. The minimum absolute atomic E-state index is 0.0266. The van der Waals surface area contributed by atoms with Gasteiger partial charge in [-0.25, -0.2) is 0 Å². The SMILES string of the molecule is Cc1sc2c(c1C)C(c1ccc(Cl)cc1)=N[C@@H](CC(=O)OCc1ccc(C(=O)Nc3ccccc3N)cc1)c1nnc(C)n1-2. The number of carbonyl (C=O) groups is 2. The third-order valence-corrected chi connectivity index (χ3v) is 8.99. The fourth-order valence-electron chi connectivity index (χ4n) is 5.07. The summed E-state index contributed by atoms with van der Waals surface area (Å²) in [5.74, 6) is 0.585. The molecule has 1 amide bonds. The molecule has 2 aromatic heterocycles. The number of nitrogen functional groups attached to an aromatic ring is 1. The number of amides is 1. The average Bonchev–Trinajstić information content (AvgIpc) is 3.49. The predicted molar refractivity (Wildman–Crippen MR) is 173 cm³/mol. The first-order valence-corrected chi connectivity index (χ1v) is 15.2. The number of halogens is 1. The van der Waals surface area contributed by atoms with E-state index in [1.54, 1.807) is 59.9 Å². The lowest BCUT2D eigenvalue weighted by atomic mass is 9.99. The number of aryl methyl sites for hydroxylation is 2. The van der Waals surface area contributed by atoms with Crippen LogP contribution in [-0.4, -0.2) is 32.4 Å². The number of nitrogens with two attached hydrogens (primary N) is 1. The van der Waals surface area contributed by atoms with Crippen molar-refractivity contribution in [1.82, 2.24) is 14.8 Å². The van der Waals surface area contributed by atoms with Gasteiger partial charge in [0, 0.05) is 26.6 Å². The quantitative estimate of drug-likeness (QED) is 0.152. The standard InChI is InChI=1S/C33H29ClN6O3S/c1-18-19(2)44-33-29(18)30(22-12-14-24(34)15-13-22)36-27(31-39-38-20(3)40(31)33)16-28(41)43-17-21-8-10-23(11-9-21)32(42)37-26-7-5-4-6-25(26)35/h4-15,27H,16-17,35H2,1-3H3,(H,37,42)/t27-/m0/s1. The van der Waals surface area contributed by atoms with Crippen LogP contribution in [0.25, 0.3) is 5.00 Å². The number of fused-ring (bicyclic) bond motifs is 3. The highest BCUT2D eigenvalue weighted by Gasteiger charge is 2.32. The van der Waals surface area contributed by atoms with Gasteiger partial charge < -0.3 is 15.8 Å². The van der Waals surface area contributed by atoms with Crippen LogP contribution in [0.1, 0.15) is 61.6 Å². The number of anilines is 2. The van der Waals surface area contributed by atoms with E-state index in [0.717, 1.165) is 33.0 Å². The fourth-order valence-corrected chi connectivity index (χ4v) is 6.41. The van der Waals surface area contributed by atoms with Crippen LogP contribution in [0.15, 0.2) is 77.8 Å². The zero-order valence-corrected chi connectivity index (χ0v) is 25.9. The number of thiophene rings is 1. The highest BCUT2D eigenvalue weighted by atomic mass is 35.5. The van der Waals surface area contributed by atoms with Gasteiger partial charge in [0.15, 0.2) is 5.82 Å². The molecular weight excluding hydrogens is 596 g/mol. The third kappa shape index (κ3) is 5.73. The summed E-state index contributed by atoms with van der Waals surface area (Å²) in [5, 5.41) is 13.2. The van der Waals surface area contributed by atoms with Gasteiger partial charge >= 0.3 is 5.97 Å². The van der Waals surface area contributed by atoms with Crippen LogP contribution in [0.4, 0.5) is 11.4 Å². The lowest BCUT2D eigenvalue weighted by Gasteiger charge is -2.13. The molecule has 0 radical (unpaired) electrons. The number of aliphatic imine (C=N–C) groups is 1. The van der Waals surface area contributed by atoms with Crippen molar-refractivity contribution in [2.75, 3.05) is 11.1 Å². The van der Waals surface area contributed by atoms with Crippen LogP contribution >= 0.6 is 22.9 Å². The average molecular weight is 625 g/mol. The molecule has 6 rings (SSSR count). The molecule has 1 aliphatic heterocycles. The first-order valence-electron chi connectivity index (χ1n) is 14.0. The maximum atomic E-state index is 13.2. The Labute approximate surface area is 263 Å². The van der Waals surface area contributed by atoms with Crippen LogP contribution in [-0.2, 0) is 16.1 Å². The van der Waals surface area contributed by atoms with Gasteiger partial charge in [-0.15, -0.1) is 21.5 Å².